The van der Waals surface area contributed by atoms with Crippen molar-refractivity contribution in [2.45, 2.75) is 0 Å². The highest BCUT2D eigenvalue weighted by Gasteiger charge is 2.03. The molecule has 0 aliphatic heterocycles. The summed E-state index contributed by atoms with van der Waals surface area (Å²) in [6.07, 6.45) is 2.91. The molecular weight excluding hydrogens is 162 g/mol. The van der Waals surface area contributed by atoms with Crippen LogP contribution in [-0.2, 0) is 0 Å². The van der Waals surface area contributed by atoms with Crippen LogP contribution in [-0.4, -0.2) is 18.9 Å². The number of nitrogens with two attached hydrogens (primary N) is 1. The second-order valence-electron chi connectivity index (χ2n) is 2.02. The third kappa shape index (κ3) is 0.829. The minimum Gasteiger partial charge on any atom is -0.382 e. The molecule has 2 N–H and O–H groups in total. The molecule has 0 saturated carbocycles. The van der Waals surface area contributed by atoms with E-state index in [2.05, 4.69) is 27.8 Å². The molecule has 11 heavy (non-hydrogen) atoms. The summed E-state index contributed by atoms with van der Waals surface area (Å²) in [6.45, 7) is 0. The second kappa shape index (κ2) is 2.09. The van der Waals surface area contributed by atoms with Crippen LogP contribution in [0.5, 0.6) is 0 Å². The van der Waals surface area contributed by atoms with E-state index in [1.165, 1.54) is 16.6 Å². The van der Waals surface area contributed by atoms with Crippen LogP contribution in [0, 0.1) is 0 Å². The largest absolute Gasteiger partial charge is 0.382 e. The van der Waals surface area contributed by atoms with E-state index in [1.54, 1.807) is 0 Å². The van der Waals surface area contributed by atoms with Gasteiger partial charge in [-0.15, -0.1) is 0 Å². The summed E-state index contributed by atoms with van der Waals surface area (Å²) in [5.41, 5.74) is 6.72. The van der Waals surface area contributed by atoms with Crippen LogP contribution in [0.2, 0.25) is 0 Å². The minimum absolute atomic E-state index is 0.378. The van der Waals surface area contributed by atoms with Gasteiger partial charge in [-0.1, -0.05) is 12.8 Å². The summed E-state index contributed by atoms with van der Waals surface area (Å²) in [7, 11) is 0. The van der Waals surface area contributed by atoms with E-state index in [9.17, 15) is 0 Å². The van der Waals surface area contributed by atoms with Crippen LogP contribution in [0.15, 0.2) is 12.7 Å². The van der Waals surface area contributed by atoms with Crippen LogP contribution < -0.4 is 5.73 Å². The monoisotopic (exact) mass is 167 g/mol. The zero-order valence-corrected chi connectivity index (χ0v) is 6.36. The van der Waals surface area contributed by atoms with Crippen LogP contribution in [0.25, 0.3) is 11.2 Å². The van der Waals surface area contributed by atoms with Gasteiger partial charge in [-0.25, -0.2) is 15.0 Å². The predicted octanol–water partition coefficient (Wildman–Crippen LogP) is 0.101. The highest BCUT2D eigenvalue weighted by atomic mass is 32.1. The van der Waals surface area contributed by atoms with Crippen molar-refractivity contribution < 1.29 is 0 Å². The van der Waals surface area contributed by atoms with Gasteiger partial charge < -0.3 is 5.73 Å². The Bertz CT molecular complexity index is 395. The number of aromatic nitrogens is 4. The number of nitrogen functional groups attached to an aromatic ring is 1. The Balaban J connectivity index is 2.94. The second-order valence-corrected chi connectivity index (χ2v) is 2.45. The molecule has 56 valence electrons. The molecule has 5 nitrogen and oxygen atoms in total. The van der Waals surface area contributed by atoms with Gasteiger partial charge in [0, 0.05) is 0 Å². The smallest absolute Gasteiger partial charge is 0.175 e. The van der Waals surface area contributed by atoms with Gasteiger partial charge in [0.15, 0.2) is 17.0 Å². The van der Waals surface area contributed by atoms with Gasteiger partial charge in [0.25, 0.3) is 0 Å². The lowest BCUT2D eigenvalue weighted by Gasteiger charge is -1.92. The third-order valence-electron chi connectivity index (χ3n) is 1.34. The first kappa shape index (κ1) is 6.41. The molecule has 2 heterocycles. The van der Waals surface area contributed by atoms with Crippen molar-refractivity contribution in [1.82, 2.24) is 18.9 Å². The van der Waals surface area contributed by atoms with Crippen LogP contribution in [0.1, 0.15) is 0 Å². The van der Waals surface area contributed by atoms with Crippen LogP contribution in [0.3, 0.4) is 0 Å². The molecule has 0 saturated heterocycles. The Morgan fingerprint density at radius 1 is 1.36 bits per heavy atom. The lowest BCUT2D eigenvalue weighted by Crippen LogP contribution is -1.92. The van der Waals surface area contributed by atoms with Gasteiger partial charge in [0.05, 0.1) is 0 Å². The molecule has 6 heteroatoms. The van der Waals surface area contributed by atoms with E-state index in [0.29, 0.717) is 17.0 Å². The van der Waals surface area contributed by atoms with Gasteiger partial charge >= 0.3 is 0 Å². The SMILES string of the molecule is Nc1ncnc2c1ncn2S. The summed E-state index contributed by atoms with van der Waals surface area (Å²) in [5, 5.41) is 0. The Morgan fingerprint density at radius 3 is 2.91 bits per heavy atom. The van der Waals surface area contributed by atoms with Crippen molar-refractivity contribution in [2.75, 3.05) is 5.73 Å². The van der Waals surface area contributed by atoms with Crippen LogP contribution >= 0.6 is 12.8 Å². The number of fused-ring (bicyclic) bond motifs is 1. The maximum absolute atomic E-state index is 5.51. The molecule has 0 bridgehead atoms. The quantitative estimate of drug-likeness (QED) is 0.546. The molecule has 0 aliphatic rings. The van der Waals surface area contributed by atoms with Gasteiger partial charge in [-0.3, -0.25) is 3.97 Å². The number of imidazole rings is 1. The van der Waals surface area contributed by atoms with Crippen molar-refractivity contribution in [3.8, 4) is 0 Å². The van der Waals surface area contributed by atoms with E-state index < -0.39 is 0 Å². The number of nitrogens with zero attached hydrogens (tertiary/aromatic N) is 4. The fraction of sp³-hybridized carbons (Fsp3) is 0. The average Bonchev–Trinajstić information content (AvgIpc) is 2.35. The molecule has 0 aliphatic carbocycles. The molecule has 0 aromatic carbocycles. The molecule has 0 radical (unpaired) electrons. The van der Waals surface area contributed by atoms with E-state index in [1.807, 2.05) is 0 Å². The zero-order chi connectivity index (χ0) is 7.84. The molecule has 0 spiro atoms. The Kier molecular flexibility index (Phi) is 1.22. The van der Waals surface area contributed by atoms with Crippen molar-refractivity contribution in [1.29, 1.82) is 0 Å². The number of rotatable bonds is 0. The summed E-state index contributed by atoms with van der Waals surface area (Å²) in [4.78, 5) is 11.7. The molecular formula is C5H5N5S. The van der Waals surface area contributed by atoms with Crippen LogP contribution in [0.4, 0.5) is 5.82 Å². The zero-order valence-electron chi connectivity index (χ0n) is 5.47. The maximum Gasteiger partial charge on any atom is 0.175 e. The predicted molar refractivity (Wildman–Crippen MR) is 44.1 cm³/mol. The van der Waals surface area contributed by atoms with Crippen molar-refractivity contribution in [3.63, 3.8) is 0 Å². The summed E-state index contributed by atoms with van der Waals surface area (Å²) in [5.74, 6) is 0.378. The van der Waals surface area contributed by atoms with E-state index in [4.69, 9.17) is 5.73 Å². The van der Waals surface area contributed by atoms with E-state index in [0.717, 1.165) is 0 Å². The highest BCUT2D eigenvalue weighted by Crippen LogP contribution is 2.13. The maximum atomic E-state index is 5.51. The molecule has 0 fully saturated rings. The Morgan fingerprint density at radius 2 is 2.18 bits per heavy atom. The lowest BCUT2D eigenvalue weighted by atomic mass is 10.5. The molecule has 0 unspecified atom stereocenters. The summed E-state index contributed by atoms with van der Waals surface area (Å²) < 4.78 is 1.49. The normalized spacial score (nSPS) is 10.6. The first-order chi connectivity index (χ1) is 5.29. The number of anilines is 1. The van der Waals surface area contributed by atoms with E-state index in [-0.39, 0.29) is 0 Å². The fourth-order valence-electron chi connectivity index (χ4n) is 0.841. The van der Waals surface area contributed by atoms with E-state index >= 15 is 0 Å². The number of thiol groups is 1. The Hall–Kier alpha value is -1.30. The Labute approximate surface area is 67.8 Å². The molecule has 2 rings (SSSR count). The molecule has 0 atom stereocenters. The molecule has 2 aromatic heterocycles. The van der Waals surface area contributed by atoms with Crippen molar-refractivity contribution >= 4 is 29.8 Å². The highest BCUT2D eigenvalue weighted by molar-refractivity contribution is 7.78. The van der Waals surface area contributed by atoms with Crippen molar-refractivity contribution in [2.24, 2.45) is 0 Å². The molecule has 0 amide bonds. The standard InChI is InChI=1S/C5H5N5S/c6-4-3-5(8-1-7-4)10(11)2-9-3/h1-2,11H,(H2,6,7,8). The fourth-order valence-corrected chi connectivity index (χ4v) is 1.04. The first-order valence-electron chi connectivity index (χ1n) is 2.92. The average molecular weight is 167 g/mol. The minimum atomic E-state index is 0.378. The number of hydrogen-bond acceptors (Lipinski definition) is 5. The lowest BCUT2D eigenvalue weighted by molar-refractivity contribution is 1.19. The van der Waals surface area contributed by atoms with Gasteiger partial charge in [0.1, 0.15) is 12.7 Å². The summed E-state index contributed by atoms with van der Waals surface area (Å²) in [6, 6.07) is 0. The number of hydrogen-bond donors (Lipinski definition) is 2. The topological polar surface area (TPSA) is 69.6 Å². The van der Waals surface area contributed by atoms with Crippen molar-refractivity contribution in [3.05, 3.63) is 12.7 Å². The molecule has 2 aromatic rings. The van der Waals surface area contributed by atoms with Gasteiger partial charge in [-0.05, 0) is 0 Å². The van der Waals surface area contributed by atoms with Gasteiger partial charge in [0.2, 0.25) is 0 Å². The first-order valence-corrected chi connectivity index (χ1v) is 3.32. The summed E-state index contributed by atoms with van der Waals surface area (Å²) >= 11 is 4.06. The third-order valence-corrected chi connectivity index (χ3v) is 1.64. The van der Waals surface area contributed by atoms with Gasteiger partial charge in [-0.2, -0.15) is 0 Å².